The van der Waals surface area contributed by atoms with Crippen molar-refractivity contribution in [3.8, 4) is 27.8 Å². The molecule has 1 atom stereocenters. The van der Waals surface area contributed by atoms with Crippen LogP contribution < -0.4 is 4.74 Å². The van der Waals surface area contributed by atoms with Crippen LogP contribution in [0.5, 0.6) is 5.75 Å². The Bertz CT molecular complexity index is 1130. The third kappa shape index (κ3) is 3.30. The van der Waals surface area contributed by atoms with Crippen LogP contribution in [-0.2, 0) is 17.4 Å². The number of thiazole rings is 1. The van der Waals surface area contributed by atoms with Crippen LogP contribution in [-0.4, -0.2) is 48.0 Å². The van der Waals surface area contributed by atoms with Crippen molar-refractivity contribution < 1.29 is 8.95 Å². The number of hydrogen-bond donors (Lipinski definition) is 0. The first-order valence-electron chi connectivity index (χ1n) is 10.00. The van der Waals surface area contributed by atoms with Gasteiger partial charge in [-0.1, -0.05) is 12.6 Å². The molecule has 3 aromatic rings. The van der Waals surface area contributed by atoms with E-state index in [1.54, 1.807) is 17.7 Å². The lowest BCUT2D eigenvalue weighted by atomic mass is 9.92. The van der Waals surface area contributed by atoms with E-state index in [9.17, 15) is 4.21 Å². The summed E-state index contributed by atoms with van der Waals surface area (Å²) < 4.78 is 21.7. The minimum Gasteiger partial charge on any atom is -0.492 e. The topological polar surface area (TPSA) is 73.1 Å². The number of ether oxygens (including phenoxy) is 1. The zero-order valence-electron chi connectivity index (χ0n) is 16.9. The molecule has 2 aliphatic heterocycles. The first-order valence-corrected chi connectivity index (χ1v) is 12.0. The molecule has 0 radical (unpaired) electrons. The van der Waals surface area contributed by atoms with Gasteiger partial charge in [-0.25, -0.2) is 23.2 Å². The SMILES string of the molecule is C=CS(=O)N1CC(c2ccc3c(c2)OCCc2sc(-c4ncnn4C(C)C)nc2-3)C1. The lowest BCUT2D eigenvalue weighted by Crippen LogP contribution is -2.45. The molecule has 0 aliphatic carbocycles. The molecule has 1 fully saturated rings. The van der Waals surface area contributed by atoms with E-state index in [-0.39, 0.29) is 6.04 Å². The number of nitrogens with zero attached hydrogens (tertiary/aromatic N) is 5. The Morgan fingerprint density at radius 3 is 2.97 bits per heavy atom. The molecule has 5 rings (SSSR count). The highest BCUT2D eigenvalue weighted by Gasteiger charge is 2.32. The summed E-state index contributed by atoms with van der Waals surface area (Å²) in [5.41, 5.74) is 3.22. The Morgan fingerprint density at radius 1 is 1.37 bits per heavy atom. The number of fused-ring (bicyclic) bond motifs is 3. The third-order valence-electron chi connectivity index (χ3n) is 5.51. The van der Waals surface area contributed by atoms with E-state index in [1.807, 2.05) is 8.99 Å². The first kappa shape index (κ1) is 19.6. The van der Waals surface area contributed by atoms with E-state index < -0.39 is 11.0 Å². The summed E-state index contributed by atoms with van der Waals surface area (Å²) in [7, 11) is -1.09. The number of benzene rings is 1. The molecule has 9 heteroatoms. The van der Waals surface area contributed by atoms with Gasteiger partial charge in [0.1, 0.15) is 23.1 Å². The Hall–Kier alpha value is -2.36. The summed E-state index contributed by atoms with van der Waals surface area (Å²) in [6, 6.07) is 6.60. The van der Waals surface area contributed by atoms with Gasteiger partial charge in [-0.05, 0) is 31.5 Å². The Labute approximate surface area is 182 Å². The Morgan fingerprint density at radius 2 is 2.20 bits per heavy atom. The van der Waals surface area contributed by atoms with E-state index in [2.05, 4.69) is 48.7 Å². The molecule has 0 amide bonds. The van der Waals surface area contributed by atoms with Gasteiger partial charge < -0.3 is 4.74 Å². The van der Waals surface area contributed by atoms with Crippen LogP contribution in [0.1, 0.15) is 36.2 Å². The average molecular weight is 442 g/mol. The van der Waals surface area contributed by atoms with E-state index in [0.717, 1.165) is 47.3 Å². The maximum Gasteiger partial charge on any atom is 0.187 e. The summed E-state index contributed by atoms with van der Waals surface area (Å²) in [5.74, 6) is 2.05. The highest BCUT2D eigenvalue weighted by molar-refractivity contribution is 7.85. The summed E-state index contributed by atoms with van der Waals surface area (Å²) in [5, 5.41) is 6.73. The molecule has 0 N–H and O–H groups in total. The first-order chi connectivity index (χ1) is 14.5. The molecular weight excluding hydrogens is 418 g/mol. The van der Waals surface area contributed by atoms with E-state index >= 15 is 0 Å². The highest BCUT2D eigenvalue weighted by Crippen LogP contribution is 2.42. The van der Waals surface area contributed by atoms with Gasteiger partial charge in [-0.2, -0.15) is 5.10 Å². The molecule has 2 aromatic heterocycles. The Kier molecular flexibility index (Phi) is 5.04. The molecule has 0 bridgehead atoms. The normalized spacial score (nSPS) is 17.6. The fraction of sp³-hybridized carbons (Fsp3) is 0.381. The predicted octanol–water partition coefficient (Wildman–Crippen LogP) is 3.79. The summed E-state index contributed by atoms with van der Waals surface area (Å²) in [6.45, 7) is 9.96. The molecule has 1 saturated heterocycles. The van der Waals surface area contributed by atoms with Crippen molar-refractivity contribution in [3.05, 3.63) is 47.0 Å². The van der Waals surface area contributed by atoms with Crippen LogP contribution in [0.2, 0.25) is 0 Å². The maximum atomic E-state index is 11.8. The van der Waals surface area contributed by atoms with Gasteiger partial charge in [-0.3, -0.25) is 0 Å². The van der Waals surface area contributed by atoms with Gasteiger partial charge in [0.15, 0.2) is 10.8 Å². The molecule has 0 saturated carbocycles. The van der Waals surface area contributed by atoms with E-state index in [0.29, 0.717) is 12.5 Å². The smallest absolute Gasteiger partial charge is 0.187 e. The van der Waals surface area contributed by atoms with Crippen molar-refractivity contribution in [3.63, 3.8) is 0 Å². The monoisotopic (exact) mass is 441 g/mol. The van der Waals surface area contributed by atoms with Gasteiger partial charge in [0.25, 0.3) is 0 Å². The van der Waals surface area contributed by atoms with Gasteiger partial charge >= 0.3 is 0 Å². The molecule has 4 heterocycles. The quantitative estimate of drug-likeness (QED) is 0.602. The van der Waals surface area contributed by atoms with Crippen molar-refractivity contribution in [2.45, 2.75) is 32.2 Å². The van der Waals surface area contributed by atoms with Crippen molar-refractivity contribution in [2.75, 3.05) is 19.7 Å². The molecule has 156 valence electrons. The zero-order valence-corrected chi connectivity index (χ0v) is 18.6. The molecule has 1 unspecified atom stereocenters. The number of hydrogen-bond acceptors (Lipinski definition) is 6. The maximum absolute atomic E-state index is 11.8. The second kappa shape index (κ2) is 7.72. The van der Waals surface area contributed by atoms with Gasteiger partial charge in [0.05, 0.1) is 12.3 Å². The van der Waals surface area contributed by atoms with Crippen LogP contribution in [0.3, 0.4) is 0 Å². The lowest BCUT2D eigenvalue weighted by molar-refractivity contribution is 0.279. The van der Waals surface area contributed by atoms with Crippen LogP contribution in [0.15, 0.2) is 36.5 Å². The fourth-order valence-corrected chi connectivity index (χ4v) is 5.78. The summed E-state index contributed by atoms with van der Waals surface area (Å²) in [6.07, 6.45) is 2.41. The van der Waals surface area contributed by atoms with Crippen LogP contribution in [0.25, 0.3) is 22.1 Å². The molecule has 7 nitrogen and oxygen atoms in total. The minimum atomic E-state index is -1.09. The second-order valence-corrected chi connectivity index (χ2v) is 10.2. The molecule has 2 aliphatic rings. The van der Waals surface area contributed by atoms with E-state index in [4.69, 9.17) is 9.72 Å². The summed E-state index contributed by atoms with van der Waals surface area (Å²) >= 11 is 1.67. The van der Waals surface area contributed by atoms with Gasteiger partial charge in [-0.15, -0.1) is 11.3 Å². The Balaban J connectivity index is 1.46. The van der Waals surface area contributed by atoms with Crippen molar-refractivity contribution >= 4 is 22.3 Å². The average Bonchev–Trinajstić information content (AvgIpc) is 3.31. The number of rotatable bonds is 5. The van der Waals surface area contributed by atoms with Crippen LogP contribution >= 0.6 is 11.3 Å². The lowest BCUT2D eigenvalue weighted by Gasteiger charge is -2.37. The zero-order chi connectivity index (χ0) is 20.8. The predicted molar refractivity (Wildman–Crippen MR) is 119 cm³/mol. The van der Waals surface area contributed by atoms with Crippen molar-refractivity contribution in [1.29, 1.82) is 0 Å². The number of aromatic nitrogens is 4. The largest absolute Gasteiger partial charge is 0.492 e. The van der Waals surface area contributed by atoms with E-state index in [1.165, 1.54) is 15.8 Å². The molecular formula is C21H23N5O2S2. The molecule has 30 heavy (non-hydrogen) atoms. The minimum absolute atomic E-state index is 0.224. The van der Waals surface area contributed by atoms with Crippen LogP contribution in [0, 0.1) is 0 Å². The van der Waals surface area contributed by atoms with Crippen LogP contribution in [0.4, 0.5) is 0 Å². The standard InChI is InChI=1S/C21H23N5O2S2/c1-4-30(27)25-10-15(11-25)14-5-6-16-17(9-14)28-8-7-18-19(16)24-21(29-18)20-22-12-23-26(20)13(2)3/h4-6,9,12-13,15H,1,7-8,10-11H2,2-3H3. The molecule has 1 aromatic carbocycles. The fourth-order valence-electron chi connectivity index (χ4n) is 3.87. The van der Waals surface area contributed by atoms with Crippen molar-refractivity contribution in [1.82, 2.24) is 24.1 Å². The highest BCUT2D eigenvalue weighted by atomic mass is 32.2. The third-order valence-corrected chi connectivity index (χ3v) is 7.72. The van der Waals surface area contributed by atoms with Gasteiger partial charge in [0.2, 0.25) is 0 Å². The molecule has 0 spiro atoms. The summed E-state index contributed by atoms with van der Waals surface area (Å²) in [4.78, 5) is 10.6. The second-order valence-electron chi connectivity index (χ2n) is 7.75. The van der Waals surface area contributed by atoms with Gasteiger partial charge in [0, 0.05) is 47.3 Å². The van der Waals surface area contributed by atoms with Crippen molar-refractivity contribution in [2.24, 2.45) is 0 Å².